The zero-order chi connectivity index (χ0) is 13.1. The van der Waals surface area contributed by atoms with Gasteiger partial charge >= 0.3 is 5.97 Å². The van der Waals surface area contributed by atoms with E-state index in [0.29, 0.717) is 16.1 Å². The lowest BCUT2D eigenvalue weighted by Crippen LogP contribution is -2.25. The Kier molecular flexibility index (Phi) is 4.27. The zero-order valence-corrected chi connectivity index (χ0v) is 12.0. The molecule has 0 amide bonds. The van der Waals surface area contributed by atoms with Gasteiger partial charge in [0.1, 0.15) is 0 Å². The molecule has 98 valence electrons. The highest BCUT2D eigenvalue weighted by molar-refractivity contribution is 9.10. The van der Waals surface area contributed by atoms with E-state index in [1.807, 2.05) is 12.1 Å². The topological polar surface area (TPSA) is 49.3 Å². The Morgan fingerprint density at radius 3 is 2.56 bits per heavy atom. The summed E-state index contributed by atoms with van der Waals surface area (Å²) in [6.07, 6.45) is 4.93. The van der Waals surface area contributed by atoms with Crippen LogP contribution in [0.3, 0.4) is 0 Å². The third kappa shape index (κ3) is 3.25. The van der Waals surface area contributed by atoms with Crippen LogP contribution >= 0.6 is 15.9 Å². The molecule has 1 aliphatic carbocycles. The Labute approximate surface area is 116 Å². The minimum Gasteiger partial charge on any atom is -0.478 e. The number of hydrogen-bond acceptors (Lipinski definition) is 2. The highest BCUT2D eigenvalue weighted by Crippen LogP contribution is 2.28. The second kappa shape index (κ2) is 5.74. The van der Waals surface area contributed by atoms with Crippen LogP contribution in [-0.4, -0.2) is 17.1 Å². The van der Waals surface area contributed by atoms with Gasteiger partial charge in [-0.1, -0.05) is 6.92 Å². The second-order valence-electron chi connectivity index (χ2n) is 5.10. The van der Waals surface area contributed by atoms with Crippen LogP contribution < -0.4 is 5.32 Å². The molecule has 0 radical (unpaired) electrons. The average Bonchev–Trinajstić information content (AvgIpc) is 2.32. The van der Waals surface area contributed by atoms with E-state index >= 15 is 0 Å². The molecule has 2 rings (SSSR count). The number of benzene rings is 1. The van der Waals surface area contributed by atoms with Crippen LogP contribution in [0.1, 0.15) is 43.0 Å². The van der Waals surface area contributed by atoms with Gasteiger partial charge in [-0.2, -0.15) is 0 Å². The largest absolute Gasteiger partial charge is 0.478 e. The molecule has 4 heteroatoms. The molecule has 0 spiro atoms. The second-order valence-corrected chi connectivity index (χ2v) is 5.96. The van der Waals surface area contributed by atoms with Crippen molar-refractivity contribution in [2.75, 3.05) is 5.32 Å². The smallest absolute Gasteiger partial charge is 0.336 e. The van der Waals surface area contributed by atoms with Crippen LogP contribution in [0.5, 0.6) is 0 Å². The van der Waals surface area contributed by atoms with E-state index < -0.39 is 5.97 Å². The van der Waals surface area contributed by atoms with Crippen molar-refractivity contribution < 1.29 is 9.90 Å². The molecule has 0 atom stereocenters. The molecule has 1 aromatic carbocycles. The first-order chi connectivity index (χ1) is 8.56. The molecular formula is C14H18BrNO2. The van der Waals surface area contributed by atoms with Gasteiger partial charge in [-0.15, -0.1) is 0 Å². The van der Waals surface area contributed by atoms with Crippen LogP contribution in [-0.2, 0) is 0 Å². The molecule has 0 aliphatic heterocycles. The van der Waals surface area contributed by atoms with E-state index in [1.54, 1.807) is 6.07 Å². The summed E-state index contributed by atoms with van der Waals surface area (Å²) in [5.74, 6) is -0.0657. The molecule has 1 aliphatic rings. The summed E-state index contributed by atoms with van der Waals surface area (Å²) in [4.78, 5) is 10.9. The fraction of sp³-hybridized carbons (Fsp3) is 0.500. The number of rotatable bonds is 3. The molecule has 1 aromatic rings. The Bertz CT molecular complexity index is 439. The normalized spacial score (nSPS) is 23.7. The predicted molar refractivity (Wildman–Crippen MR) is 76.1 cm³/mol. The lowest BCUT2D eigenvalue weighted by Gasteiger charge is -2.27. The molecule has 0 bridgehead atoms. The summed E-state index contributed by atoms with van der Waals surface area (Å²) >= 11 is 3.30. The monoisotopic (exact) mass is 311 g/mol. The molecule has 18 heavy (non-hydrogen) atoms. The summed E-state index contributed by atoms with van der Waals surface area (Å²) in [6, 6.07) is 5.84. The summed E-state index contributed by atoms with van der Waals surface area (Å²) < 4.78 is 0.629. The van der Waals surface area contributed by atoms with E-state index in [1.165, 1.54) is 25.7 Å². The van der Waals surface area contributed by atoms with Crippen LogP contribution in [0.25, 0.3) is 0 Å². The fourth-order valence-electron chi connectivity index (χ4n) is 2.42. The van der Waals surface area contributed by atoms with E-state index in [0.717, 1.165) is 11.6 Å². The third-order valence-corrected chi connectivity index (χ3v) is 4.24. The lowest BCUT2D eigenvalue weighted by molar-refractivity contribution is 0.0696. The lowest BCUT2D eigenvalue weighted by atomic mass is 9.87. The van der Waals surface area contributed by atoms with Crippen molar-refractivity contribution in [1.82, 2.24) is 0 Å². The number of carbonyl (C=O) groups is 1. The maximum absolute atomic E-state index is 10.9. The predicted octanol–water partition coefficient (Wildman–Crippen LogP) is 4.14. The Morgan fingerprint density at radius 2 is 2.00 bits per heavy atom. The molecular weight excluding hydrogens is 294 g/mol. The maximum Gasteiger partial charge on any atom is 0.336 e. The van der Waals surface area contributed by atoms with Crippen LogP contribution in [0.4, 0.5) is 5.69 Å². The summed E-state index contributed by atoms with van der Waals surface area (Å²) in [7, 11) is 0. The van der Waals surface area contributed by atoms with Crippen molar-refractivity contribution >= 4 is 27.6 Å². The van der Waals surface area contributed by atoms with Crippen molar-refractivity contribution in [2.45, 2.75) is 38.6 Å². The number of carboxylic acid groups (broad SMARTS) is 1. The Morgan fingerprint density at radius 1 is 1.33 bits per heavy atom. The van der Waals surface area contributed by atoms with Gasteiger partial charge in [-0.05, 0) is 65.7 Å². The maximum atomic E-state index is 10.9. The number of anilines is 1. The van der Waals surface area contributed by atoms with Gasteiger partial charge in [-0.3, -0.25) is 0 Å². The molecule has 0 heterocycles. The Balaban J connectivity index is 2.02. The number of nitrogens with one attached hydrogen (secondary N) is 1. The van der Waals surface area contributed by atoms with Crippen LogP contribution in [0, 0.1) is 5.92 Å². The minimum absolute atomic E-state index is 0.304. The molecule has 1 fully saturated rings. The van der Waals surface area contributed by atoms with Crippen molar-refractivity contribution in [3.8, 4) is 0 Å². The van der Waals surface area contributed by atoms with E-state index in [9.17, 15) is 4.79 Å². The van der Waals surface area contributed by atoms with Crippen molar-refractivity contribution in [3.05, 3.63) is 28.2 Å². The number of aromatic carboxylic acids is 1. The van der Waals surface area contributed by atoms with Crippen molar-refractivity contribution in [2.24, 2.45) is 5.92 Å². The van der Waals surface area contributed by atoms with Crippen molar-refractivity contribution in [1.29, 1.82) is 0 Å². The minimum atomic E-state index is -0.903. The van der Waals surface area contributed by atoms with Gasteiger partial charge in [-0.25, -0.2) is 4.79 Å². The van der Waals surface area contributed by atoms with Gasteiger partial charge in [0.2, 0.25) is 0 Å². The zero-order valence-electron chi connectivity index (χ0n) is 10.4. The average molecular weight is 312 g/mol. The highest BCUT2D eigenvalue weighted by atomic mass is 79.9. The number of hydrogen-bond donors (Lipinski definition) is 2. The molecule has 1 saturated carbocycles. The molecule has 3 nitrogen and oxygen atoms in total. The van der Waals surface area contributed by atoms with Gasteiger partial charge in [0, 0.05) is 16.2 Å². The molecule has 0 unspecified atom stereocenters. The van der Waals surface area contributed by atoms with E-state index in [-0.39, 0.29) is 0 Å². The van der Waals surface area contributed by atoms with Crippen LogP contribution in [0.15, 0.2) is 22.7 Å². The fourth-order valence-corrected chi connectivity index (χ4v) is 2.97. The first-order valence-electron chi connectivity index (χ1n) is 6.35. The van der Waals surface area contributed by atoms with Gasteiger partial charge in [0.25, 0.3) is 0 Å². The summed E-state index contributed by atoms with van der Waals surface area (Å²) in [5, 5.41) is 12.4. The van der Waals surface area contributed by atoms with Gasteiger partial charge < -0.3 is 10.4 Å². The summed E-state index contributed by atoms with van der Waals surface area (Å²) in [6.45, 7) is 2.30. The number of carboxylic acids is 1. The quantitative estimate of drug-likeness (QED) is 0.882. The first kappa shape index (κ1) is 13.4. The van der Waals surface area contributed by atoms with E-state index in [4.69, 9.17) is 5.11 Å². The SMILES string of the molecule is CC1CCC(Nc2ccc(C(=O)O)c(Br)c2)CC1. The molecule has 0 aromatic heterocycles. The standard InChI is InChI=1S/C14H18BrNO2/c1-9-2-4-10(5-3-9)16-11-6-7-12(14(17)18)13(15)8-11/h6-10,16H,2-5H2,1H3,(H,17,18). The van der Waals surface area contributed by atoms with Crippen molar-refractivity contribution in [3.63, 3.8) is 0 Å². The highest BCUT2D eigenvalue weighted by Gasteiger charge is 2.18. The van der Waals surface area contributed by atoms with E-state index in [2.05, 4.69) is 28.2 Å². The molecule has 0 saturated heterocycles. The number of halogens is 1. The van der Waals surface area contributed by atoms with Gasteiger partial charge in [0.05, 0.1) is 5.56 Å². The van der Waals surface area contributed by atoms with Gasteiger partial charge in [0.15, 0.2) is 0 Å². The molecule has 2 N–H and O–H groups in total. The van der Waals surface area contributed by atoms with Crippen LogP contribution in [0.2, 0.25) is 0 Å². The Hall–Kier alpha value is -1.03. The first-order valence-corrected chi connectivity index (χ1v) is 7.15. The third-order valence-electron chi connectivity index (χ3n) is 3.59. The summed E-state index contributed by atoms with van der Waals surface area (Å²) in [5.41, 5.74) is 1.30.